The predicted molar refractivity (Wildman–Crippen MR) is 127 cm³/mol. The average molecular weight is 491 g/mol. The molecule has 0 spiro atoms. The molecule has 6 N–H and O–H groups in total. The lowest BCUT2D eigenvalue weighted by Gasteiger charge is -2.45. The van der Waals surface area contributed by atoms with Gasteiger partial charge in [0.1, 0.15) is 28.6 Å². The Morgan fingerprint density at radius 1 is 1.08 bits per heavy atom. The third kappa shape index (κ3) is 3.23. The van der Waals surface area contributed by atoms with Gasteiger partial charge >= 0.3 is 0 Å². The summed E-state index contributed by atoms with van der Waals surface area (Å²) in [5.41, 5.74) is 3.76. The number of aliphatic hydroxyl groups is 3. The van der Waals surface area contributed by atoms with Crippen LogP contribution in [0.2, 0.25) is 0 Å². The van der Waals surface area contributed by atoms with Crippen molar-refractivity contribution < 1.29 is 39.5 Å². The summed E-state index contributed by atoms with van der Waals surface area (Å²) in [6.45, 7) is 2.40. The fraction of sp³-hybridized carbons (Fsp3) is 0.296. The lowest BCUT2D eigenvalue weighted by molar-refractivity contribution is -0.144. The number of carbonyl (C=O) groups excluding carboxylic acids is 3. The van der Waals surface area contributed by atoms with Gasteiger partial charge in [0.25, 0.3) is 5.91 Å². The van der Waals surface area contributed by atoms with Gasteiger partial charge < -0.3 is 30.9 Å². The number of Topliss-reactive ketones (excluding diaryl/α,β-unsaturated/α-hetero) is 2. The lowest BCUT2D eigenvalue weighted by Crippen LogP contribution is -2.57. The molecule has 0 heterocycles. The fourth-order valence-corrected chi connectivity index (χ4v) is 5.79. The Hall–Kier alpha value is -4.11. The summed E-state index contributed by atoms with van der Waals surface area (Å²) in [7, 11) is 0. The molecule has 9 heteroatoms. The van der Waals surface area contributed by atoms with Crippen molar-refractivity contribution in [3.63, 3.8) is 0 Å². The largest absolute Gasteiger partial charge is 0.511 e. The van der Waals surface area contributed by atoms with Crippen molar-refractivity contribution in [3.8, 4) is 22.6 Å². The van der Waals surface area contributed by atoms with Crippen LogP contribution >= 0.6 is 0 Å². The van der Waals surface area contributed by atoms with Gasteiger partial charge in [-0.05, 0) is 60.6 Å². The van der Waals surface area contributed by atoms with Crippen LogP contribution in [-0.4, -0.2) is 50.1 Å². The summed E-state index contributed by atoms with van der Waals surface area (Å²) in [6, 6.07) is 10.4. The van der Waals surface area contributed by atoms with Gasteiger partial charge in [0.2, 0.25) is 5.78 Å². The molecule has 9 nitrogen and oxygen atoms in total. The van der Waals surface area contributed by atoms with Crippen molar-refractivity contribution >= 4 is 17.5 Å². The normalized spacial score (nSPS) is 25.3. The quantitative estimate of drug-likeness (QED) is 0.407. The number of amides is 1. The number of ether oxygens (including phenoxy) is 1. The molecule has 0 saturated carbocycles. The van der Waals surface area contributed by atoms with E-state index in [-0.39, 0.29) is 36.1 Å². The van der Waals surface area contributed by atoms with Crippen molar-refractivity contribution in [1.29, 1.82) is 0 Å². The van der Waals surface area contributed by atoms with E-state index >= 15 is 0 Å². The van der Waals surface area contributed by atoms with Crippen molar-refractivity contribution in [3.05, 3.63) is 70.2 Å². The number of allylic oxidation sites excluding steroid dienone is 2. The number of nitrogens with two attached hydrogens (primary N) is 1. The Morgan fingerprint density at radius 3 is 2.42 bits per heavy atom. The van der Waals surface area contributed by atoms with Crippen molar-refractivity contribution in [2.75, 3.05) is 6.61 Å². The number of phenols is 1. The van der Waals surface area contributed by atoms with Crippen LogP contribution in [-0.2, 0) is 16.0 Å². The number of primary amides is 1. The Bertz CT molecular complexity index is 1390. The molecule has 2 aromatic rings. The minimum atomic E-state index is -2.57. The van der Waals surface area contributed by atoms with Gasteiger partial charge in [-0.25, -0.2) is 0 Å². The van der Waals surface area contributed by atoms with Crippen LogP contribution < -0.4 is 10.5 Å². The Labute approximate surface area is 206 Å². The molecule has 0 bridgehead atoms. The van der Waals surface area contributed by atoms with Crippen LogP contribution in [0.25, 0.3) is 11.1 Å². The van der Waals surface area contributed by atoms with Gasteiger partial charge in [-0.1, -0.05) is 18.2 Å². The van der Waals surface area contributed by atoms with Crippen molar-refractivity contribution in [1.82, 2.24) is 0 Å². The molecule has 0 saturated heterocycles. The molecule has 2 aromatic carbocycles. The van der Waals surface area contributed by atoms with E-state index in [0.29, 0.717) is 17.9 Å². The maximum atomic E-state index is 13.6. The summed E-state index contributed by atoms with van der Waals surface area (Å²) in [5.74, 6) is -5.74. The number of carbonyl (C=O) groups is 3. The molecular formula is C27H25NO8. The third-order valence-corrected chi connectivity index (χ3v) is 7.42. The number of benzene rings is 2. The topological polar surface area (TPSA) is 167 Å². The Balaban J connectivity index is 1.64. The smallest absolute Gasteiger partial charge is 0.255 e. The average Bonchev–Trinajstić information content (AvgIpc) is 2.82. The van der Waals surface area contributed by atoms with Gasteiger partial charge in [-0.3, -0.25) is 14.4 Å². The molecule has 186 valence electrons. The van der Waals surface area contributed by atoms with E-state index in [4.69, 9.17) is 10.5 Å². The number of aromatic hydroxyl groups is 1. The van der Waals surface area contributed by atoms with Crippen molar-refractivity contribution in [2.24, 2.45) is 17.6 Å². The molecular weight excluding hydrogens is 466 g/mol. The number of hydrogen-bond acceptors (Lipinski definition) is 8. The zero-order chi connectivity index (χ0) is 25.9. The van der Waals surface area contributed by atoms with Crippen molar-refractivity contribution in [2.45, 2.75) is 31.8 Å². The molecule has 36 heavy (non-hydrogen) atoms. The van der Waals surface area contributed by atoms with Gasteiger partial charge in [0.05, 0.1) is 12.2 Å². The number of aliphatic hydroxyl groups excluding tert-OH is 2. The molecule has 5 rings (SSSR count). The zero-order valence-corrected chi connectivity index (χ0v) is 19.4. The van der Waals surface area contributed by atoms with E-state index in [2.05, 4.69) is 0 Å². The molecule has 0 aromatic heterocycles. The van der Waals surface area contributed by atoms with E-state index in [9.17, 15) is 34.8 Å². The SMILES string of the molecule is CCOc1ccc(-c2ccc(O)c3c2C[C@H]2C[C@H]4CC(O)=C(C(N)=O)C(=O)[C@@]4(O)C(O)=C2C3=O)cc1. The summed E-state index contributed by atoms with van der Waals surface area (Å²) < 4.78 is 5.50. The molecule has 0 fully saturated rings. The first kappa shape index (κ1) is 23.6. The first-order chi connectivity index (χ1) is 17.1. The van der Waals surface area contributed by atoms with Crippen LogP contribution in [0.4, 0.5) is 0 Å². The fourth-order valence-electron chi connectivity index (χ4n) is 5.79. The Morgan fingerprint density at radius 2 is 1.78 bits per heavy atom. The van der Waals surface area contributed by atoms with Crippen LogP contribution in [0, 0.1) is 11.8 Å². The maximum Gasteiger partial charge on any atom is 0.255 e. The van der Waals surface area contributed by atoms with Gasteiger partial charge in [0, 0.05) is 17.9 Å². The first-order valence-electron chi connectivity index (χ1n) is 11.6. The zero-order valence-electron chi connectivity index (χ0n) is 19.4. The van der Waals surface area contributed by atoms with E-state index in [0.717, 1.165) is 11.1 Å². The number of rotatable bonds is 4. The summed E-state index contributed by atoms with van der Waals surface area (Å²) in [4.78, 5) is 38.4. The second-order valence-corrected chi connectivity index (χ2v) is 9.35. The maximum absolute atomic E-state index is 13.6. The van der Waals surface area contributed by atoms with Gasteiger partial charge in [-0.15, -0.1) is 0 Å². The van der Waals surface area contributed by atoms with E-state index in [1.807, 2.05) is 19.1 Å². The van der Waals surface area contributed by atoms with E-state index < -0.39 is 52.0 Å². The van der Waals surface area contributed by atoms with E-state index in [1.54, 1.807) is 18.2 Å². The second kappa shape index (κ2) is 8.23. The minimum Gasteiger partial charge on any atom is -0.511 e. The standard InChI is InChI=1S/C27H25NO8/c1-2-36-15-5-3-12(4-6-15)16-7-8-18(29)21-17(16)10-13-9-14-11-19(30)22(26(28)34)25(33)27(14,35)24(32)20(13)23(21)31/h3-8,13-14,29-30,32,35H,2,9-11H2,1H3,(H2,28,34)/t13-,14+,27+/m1/s1. The highest BCUT2D eigenvalue weighted by Crippen LogP contribution is 2.52. The predicted octanol–water partition coefficient (Wildman–Crippen LogP) is 2.65. The Kier molecular flexibility index (Phi) is 5.40. The molecule has 0 radical (unpaired) electrons. The number of hydrogen-bond donors (Lipinski definition) is 5. The van der Waals surface area contributed by atoms with Crippen LogP contribution in [0.1, 0.15) is 35.7 Å². The van der Waals surface area contributed by atoms with Gasteiger partial charge in [-0.2, -0.15) is 0 Å². The lowest BCUT2D eigenvalue weighted by atomic mass is 9.60. The first-order valence-corrected chi connectivity index (χ1v) is 11.6. The molecule has 0 aliphatic heterocycles. The van der Waals surface area contributed by atoms with Crippen LogP contribution in [0.3, 0.4) is 0 Å². The molecule has 0 unspecified atom stereocenters. The highest BCUT2D eigenvalue weighted by molar-refractivity contribution is 6.24. The summed E-state index contributed by atoms with van der Waals surface area (Å²) in [6.07, 6.45) is 0.0633. The summed E-state index contributed by atoms with van der Waals surface area (Å²) in [5, 5.41) is 43.3. The van der Waals surface area contributed by atoms with E-state index in [1.165, 1.54) is 6.07 Å². The summed E-state index contributed by atoms with van der Waals surface area (Å²) >= 11 is 0. The van der Waals surface area contributed by atoms with Crippen LogP contribution in [0.5, 0.6) is 11.5 Å². The number of ketones is 2. The monoisotopic (exact) mass is 491 g/mol. The number of phenolic OH excluding ortho intramolecular Hbond substituents is 1. The minimum absolute atomic E-state index is 0.0157. The van der Waals surface area contributed by atoms with Crippen LogP contribution in [0.15, 0.2) is 59.1 Å². The molecule has 3 atom stereocenters. The third-order valence-electron chi connectivity index (χ3n) is 7.42. The highest BCUT2D eigenvalue weighted by Gasteiger charge is 2.59. The molecule has 3 aliphatic rings. The molecule has 3 aliphatic carbocycles. The highest BCUT2D eigenvalue weighted by atomic mass is 16.5. The van der Waals surface area contributed by atoms with Gasteiger partial charge in [0.15, 0.2) is 11.4 Å². The molecule has 1 amide bonds. The second-order valence-electron chi connectivity index (χ2n) is 9.35. The number of fused-ring (bicyclic) bond motifs is 3.